The zero-order valence-corrected chi connectivity index (χ0v) is 14.4. The fraction of sp³-hybridized carbons (Fsp3) is 0.214. The van der Waals surface area contributed by atoms with Gasteiger partial charge in [0.15, 0.2) is 9.84 Å². The lowest BCUT2D eigenvalue weighted by atomic mass is 10.1. The molecule has 1 aromatic heterocycles. The summed E-state index contributed by atoms with van der Waals surface area (Å²) in [5, 5.41) is 10.9. The Morgan fingerprint density at radius 2 is 2.05 bits per heavy atom. The Kier molecular flexibility index (Phi) is 4.85. The highest BCUT2D eigenvalue weighted by atomic mass is 79.9. The smallest absolute Gasteiger partial charge is 0.335 e. The SMILES string of the molecule is CCc1ccc(C(=O)O)cc1S(=O)(=O)Cc1cc(Br)cs1. The molecule has 0 fully saturated rings. The first-order valence-corrected chi connectivity index (χ1v) is 9.48. The number of carboxylic acid groups (broad SMARTS) is 1. The van der Waals surface area contributed by atoms with Crippen LogP contribution in [0, 0.1) is 0 Å². The molecular weight excluding hydrogens is 376 g/mol. The van der Waals surface area contributed by atoms with Gasteiger partial charge in [-0.3, -0.25) is 0 Å². The van der Waals surface area contributed by atoms with Crippen LogP contribution in [-0.2, 0) is 22.0 Å². The Morgan fingerprint density at radius 1 is 1.33 bits per heavy atom. The molecule has 0 atom stereocenters. The third kappa shape index (κ3) is 3.72. The summed E-state index contributed by atoms with van der Waals surface area (Å²) >= 11 is 4.65. The van der Waals surface area contributed by atoms with E-state index in [0.29, 0.717) is 16.9 Å². The molecule has 112 valence electrons. The molecule has 21 heavy (non-hydrogen) atoms. The Morgan fingerprint density at radius 3 is 2.57 bits per heavy atom. The summed E-state index contributed by atoms with van der Waals surface area (Å²) in [7, 11) is -3.57. The van der Waals surface area contributed by atoms with Gasteiger partial charge in [-0.05, 0) is 46.1 Å². The third-order valence-corrected chi connectivity index (χ3v) is 6.61. The minimum absolute atomic E-state index is 0.0156. The Bertz CT molecular complexity index is 778. The molecule has 7 heteroatoms. The first-order valence-electron chi connectivity index (χ1n) is 6.15. The van der Waals surface area contributed by atoms with Crippen molar-refractivity contribution in [2.75, 3.05) is 0 Å². The molecule has 4 nitrogen and oxygen atoms in total. The average molecular weight is 389 g/mol. The number of thiophene rings is 1. The molecule has 1 N–H and O–H groups in total. The van der Waals surface area contributed by atoms with E-state index >= 15 is 0 Å². The van der Waals surface area contributed by atoms with E-state index in [0.717, 1.165) is 4.47 Å². The van der Waals surface area contributed by atoms with Crippen molar-refractivity contribution in [2.24, 2.45) is 0 Å². The normalized spacial score (nSPS) is 11.5. The molecule has 0 bridgehead atoms. The summed E-state index contributed by atoms with van der Waals surface area (Å²) in [5.41, 5.74) is 0.619. The van der Waals surface area contributed by atoms with Crippen LogP contribution in [-0.4, -0.2) is 19.5 Å². The van der Waals surface area contributed by atoms with Crippen LogP contribution >= 0.6 is 27.3 Å². The summed E-state index contributed by atoms with van der Waals surface area (Å²) in [4.78, 5) is 11.9. The lowest BCUT2D eigenvalue weighted by Gasteiger charge is -2.09. The van der Waals surface area contributed by atoms with Gasteiger partial charge in [0, 0.05) is 14.7 Å². The molecule has 1 aromatic carbocycles. The second-order valence-electron chi connectivity index (χ2n) is 4.47. The Labute approximate surface area is 135 Å². The van der Waals surface area contributed by atoms with Gasteiger partial charge in [-0.15, -0.1) is 11.3 Å². The second kappa shape index (κ2) is 6.29. The maximum atomic E-state index is 12.6. The monoisotopic (exact) mass is 388 g/mol. The van der Waals surface area contributed by atoms with E-state index in [2.05, 4.69) is 15.9 Å². The predicted octanol–water partition coefficient (Wildman–Crippen LogP) is 3.75. The zero-order valence-electron chi connectivity index (χ0n) is 11.2. The van der Waals surface area contributed by atoms with Crippen molar-refractivity contribution in [1.29, 1.82) is 0 Å². The van der Waals surface area contributed by atoms with Gasteiger partial charge in [0.1, 0.15) is 0 Å². The molecule has 0 radical (unpaired) electrons. The summed E-state index contributed by atoms with van der Waals surface area (Å²) in [5.74, 6) is -1.26. The molecular formula is C14H13BrO4S2. The fourth-order valence-corrected chi connectivity index (χ4v) is 5.47. The topological polar surface area (TPSA) is 71.4 Å². The number of hydrogen-bond acceptors (Lipinski definition) is 4. The molecule has 2 rings (SSSR count). The van der Waals surface area contributed by atoms with Crippen molar-refractivity contribution in [3.63, 3.8) is 0 Å². The molecule has 0 saturated heterocycles. The third-order valence-electron chi connectivity index (χ3n) is 2.98. The summed E-state index contributed by atoms with van der Waals surface area (Å²) in [6.45, 7) is 1.84. The molecule has 1 heterocycles. The lowest BCUT2D eigenvalue weighted by molar-refractivity contribution is 0.0696. The highest BCUT2D eigenvalue weighted by Gasteiger charge is 2.21. The number of halogens is 1. The molecule has 0 unspecified atom stereocenters. The molecule has 0 spiro atoms. The molecule has 0 aliphatic carbocycles. The van der Waals surface area contributed by atoms with Crippen LogP contribution in [0.25, 0.3) is 0 Å². The maximum Gasteiger partial charge on any atom is 0.335 e. The van der Waals surface area contributed by atoms with Gasteiger partial charge in [-0.1, -0.05) is 13.0 Å². The quantitative estimate of drug-likeness (QED) is 0.846. The van der Waals surface area contributed by atoms with E-state index in [-0.39, 0.29) is 16.2 Å². The Hall–Kier alpha value is -1.18. The minimum Gasteiger partial charge on any atom is -0.478 e. The number of carbonyl (C=O) groups is 1. The van der Waals surface area contributed by atoms with Gasteiger partial charge in [0.2, 0.25) is 0 Å². The average Bonchev–Trinajstić information content (AvgIpc) is 2.82. The van der Waals surface area contributed by atoms with Crippen LogP contribution in [0.3, 0.4) is 0 Å². The molecule has 0 saturated carbocycles. The predicted molar refractivity (Wildman–Crippen MR) is 85.7 cm³/mol. The van der Waals surface area contributed by atoms with Gasteiger partial charge < -0.3 is 5.11 Å². The zero-order chi connectivity index (χ0) is 15.6. The summed E-state index contributed by atoms with van der Waals surface area (Å²) < 4.78 is 26.0. The lowest BCUT2D eigenvalue weighted by Crippen LogP contribution is -2.09. The van der Waals surface area contributed by atoms with Crippen molar-refractivity contribution in [3.05, 3.63) is 50.1 Å². The van der Waals surface area contributed by atoms with E-state index in [1.165, 1.54) is 23.5 Å². The highest BCUT2D eigenvalue weighted by molar-refractivity contribution is 9.10. The van der Waals surface area contributed by atoms with Crippen molar-refractivity contribution in [2.45, 2.75) is 24.0 Å². The van der Waals surface area contributed by atoms with E-state index in [4.69, 9.17) is 5.11 Å². The molecule has 0 aliphatic heterocycles. The van der Waals surface area contributed by atoms with E-state index in [1.807, 2.05) is 12.3 Å². The van der Waals surface area contributed by atoms with Crippen LogP contribution in [0.5, 0.6) is 0 Å². The first-order chi connectivity index (χ1) is 9.83. The van der Waals surface area contributed by atoms with Crippen LogP contribution in [0.4, 0.5) is 0 Å². The first kappa shape index (κ1) is 16.2. The van der Waals surface area contributed by atoms with Gasteiger partial charge in [-0.2, -0.15) is 0 Å². The second-order valence-corrected chi connectivity index (χ2v) is 8.34. The van der Waals surface area contributed by atoms with Gasteiger partial charge in [0.05, 0.1) is 16.2 Å². The number of hydrogen-bond donors (Lipinski definition) is 1. The largest absolute Gasteiger partial charge is 0.478 e. The maximum absolute atomic E-state index is 12.6. The fourth-order valence-electron chi connectivity index (χ4n) is 1.96. The van der Waals surface area contributed by atoms with Crippen LogP contribution in [0.2, 0.25) is 0 Å². The summed E-state index contributed by atoms with van der Waals surface area (Å²) in [6.07, 6.45) is 0.530. The van der Waals surface area contributed by atoms with Crippen LogP contribution in [0.1, 0.15) is 27.7 Å². The van der Waals surface area contributed by atoms with Gasteiger partial charge >= 0.3 is 5.97 Å². The van der Waals surface area contributed by atoms with Crippen molar-refractivity contribution >= 4 is 43.1 Å². The van der Waals surface area contributed by atoms with E-state index < -0.39 is 15.8 Å². The van der Waals surface area contributed by atoms with Crippen molar-refractivity contribution in [1.82, 2.24) is 0 Å². The number of aryl methyl sites for hydroxylation is 1. The number of aromatic carboxylic acids is 1. The van der Waals surface area contributed by atoms with Crippen molar-refractivity contribution < 1.29 is 18.3 Å². The van der Waals surface area contributed by atoms with E-state index in [1.54, 1.807) is 12.1 Å². The minimum atomic E-state index is -3.57. The highest BCUT2D eigenvalue weighted by Crippen LogP contribution is 2.27. The number of rotatable bonds is 5. The molecule has 0 aliphatic rings. The van der Waals surface area contributed by atoms with E-state index in [9.17, 15) is 13.2 Å². The van der Waals surface area contributed by atoms with Gasteiger partial charge in [0.25, 0.3) is 0 Å². The standard InChI is InChI=1S/C14H13BrO4S2/c1-2-9-3-4-10(14(16)17)5-13(9)21(18,19)8-12-6-11(15)7-20-12/h3-7H,2,8H2,1H3,(H,16,17). The van der Waals surface area contributed by atoms with Crippen molar-refractivity contribution in [3.8, 4) is 0 Å². The Balaban J connectivity index is 2.47. The van der Waals surface area contributed by atoms with Gasteiger partial charge in [-0.25, -0.2) is 13.2 Å². The number of carboxylic acids is 1. The number of sulfone groups is 1. The summed E-state index contributed by atoms with van der Waals surface area (Å²) in [6, 6.07) is 6.01. The molecule has 0 amide bonds. The van der Waals surface area contributed by atoms with Crippen LogP contribution < -0.4 is 0 Å². The molecule has 2 aromatic rings. The number of benzene rings is 1. The van der Waals surface area contributed by atoms with Crippen LogP contribution in [0.15, 0.2) is 39.0 Å².